The van der Waals surface area contributed by atoms with Crippen LogP contribution in [-0.4, -0.2) is 6.29 Å². The molecule has 0 saturated heterocycles. The van der Waals surface area contributed by atoms with Gasteiger partial charge in [-0.1, -0.05) is 33.3 Å². The molecule has 0 amide bonds. The van der Waals surface area contributed by atoms with Crippen molar-refractivity contribution in [1.29, 1.82) is 0 Å². The van der Waals surface area contributed by atoms with Crippen LogP contribution in [0, 0.1) is 16.7 Å². The monoisotopic (exact) mass is 194 g/mol. The first-order valence-corrected chi connectivity index (χ1v) is 5.53. The zero-order chi connectivity index (χ0) is 10.8. The Morgan fingerprint density at radius 3 is 2.50 bits per heavy atom. The van der Waals surface area contributed by atoms with Crippen LogP contribution in [0.4, 0.5) is 0 Å². The topological polar surface area (TPSA) is 17.1 Å². The summed E-state index contributed by atoms with van der Waals surface area (Å²) in [4.78, 5) is 11.2. The first-order valence-electron chi connectivity index (χ1n) is 5.53. The van der Waals surface area contributed by atoms with Crippen molar-refractivity contribution < 1.29 is 4.79 Å². The first kappa shape index (κ1) is 11.5. The molecule has 0 aliphatic heterocycles. The minimum atomic E-state index is -0.129. The Bertz CT molecular complexity index is 229. The quantitative estimate of drug-likeness (QED) is 0.495. The third kappa shape index (κ3) is 1.92. The van der Waals surface area contributed by atoms with E-state index in [4.69, 9.17) is 0 Å². The molecular weight excluding hydrogens is 172 g/mol. The fourth-order valence-electron chi connectivity index (χ4n) is 3.06. The predicted octanol–water partition coefficient (Wildman–Crippen LogP) is 3.59. The van der Waals surface area contributed by atoms with Crippen molar-refractivity contribution in [1.82, 2.24) is 0 Å². The van der Waals surface area contributed by atoms with Crippen LogP contribution in [0.25, 0.3) is 0 Å². The summed E-state index contributed by atoms with van der Waals surface area (Å²) < 4.78 is 0. The van der Waals surface area contributed by atoms with Gasteiger partial charge < -0.3 is 4.79 Å². The van der Waals surface area contributed by atoms with Gasteiger partial charge in [-0.3, -0.25) is 0 Å². The van der Waals surface area contributed by atoms with Crippen LogP contribution in [0.15, 0.2) is 12.7 Å². The fourth-order valence-corrected chi connectivity index (χ4v) is 3.06. The van der Waals surface area contributed by atoms with Gasteiger partial charge in [-0.2, -0.15) is 0 Å². The number of rotatable bonds is 3. The molecule has 2 atom stereocenters. The Kier molecular flexibility index (Phi) is 3.18. The van der Waals surface area contributed by atoms with Gasteiger partial charge in [0, 0.05) is 5.41 Å². The SMILES string of the molecule is C=CC[C@H]1C(C)(C)CCC[C@]1(C)C=O. The largest absolute Gasteiger partial charge is 0.303 e. The molecule has 1 aliphatic rings. The van der Waals surface area contributed by atoms with Gasteiger partial charge >= 0.3 is 0 Å². The third-order valence-corrected chi connectivity index (χ3v) is 3.95. The minimum Gasteiger partial charge on any atom is -0.303 e. The molecular formula is C13H22O. The van der Waals surface area contributed by atoms with Crippen molar-refractivity contribution in [3.05, 3.63) is 12.7 Å². The summed E-state index contributed by atoms with van der Waals surface area (Å²) in [6.45, 7) is 10.5. The summed E-state index contributed by atoms with van der Waals surface area (Å²) in [7, 11) is 0. The molecule has 1 saturated carbocycles. The fraction of sp³-hybridized carbons (Fsp3) is 0.769. The molecule has 0 unspecified atom stereocenters. The molecule has 1 aliphatic carbocycles. The maximum atomic E-state index is 11.2. The molecule has 14 heavy (non-hydrogen) atoms. The van der Waals surface area contributed by atoms with Crippen LogP contribution >= 0.6 is 0 Å². The first-order chi connectivity index (χ1) is 6.46. The zero-order valence-electron chi connectivity index (χ0n) is 9.68. The summed E-state index contributed by atoms with van der Waals surface area (Å²) >= 11 is 0. The number of carbonyl (C=O) groups is 1. The van der Waals surface area contributed by atoms with Crippen molar-refractivity contribution in [3.63, 3.8) is 0 Å². The highest BCUT2D eigenvalue weighted by atomic mass is 16.1. The average Bonchev–Trinajstić information content (AvgIpc) is 2.11. The third-order valence-electron chi connectivity index (χ3n) is 3.95. The molecule has 0 aromatic carbocycles. The lowest BCUT2D eigenvalue weighted by molar-refractivity contribution is -0.124. The lowest BCUT2D eigenvalue weighted by atomic mass is 9.56. The van der Waals surface area contributed by atoms with Gasteiger partial charge in [-0.25, -0.2) is 0 Å². The second-order valence-corrected chi connectivity index (χ2v) is 5.54. The maximum Gasteiger partial charge on any atom is 0.126 e. The Labute approximate surface area is 87.6 Å². The van der Waals surface area contributed by atoms with Gasteiger partial charge in [0.15, 0.2) is 0 Å². The van der Waals surface area contributed by atoms with E-state index in [1.54, 1.807) is 0 Å². The molecule has 0 bridgehead atoms. The minimum absolute atomic E-state index is 0.129. The van der Waals surface area contributed by atoms with E-state index in [1.807, 2.05) is 6.08 Å². The summed E-state index contributed by atoms with van der Waals surface area (Å²) in [5.41, 5.74) is 0.151. The number of hydrogen-bond acceptors (Lipinski definition) is 1. The molecule has 80 valence electrons. The number of carbonyl (C=O) groups excluding carboxylic acids is 1. The van der Waals surface area contributed by atoms with E-state index in [2.05, 4.69) is 27.4 Å². The number of hydrogen-bond donors (Lipinski definition) is 0. The summed E-state index contributed by atoms with van der Waals surface area (Å²) in [5.74, 6) is 0.457. The molecule has 1 rings (SSSR count). The van der Waals surface area contributed by atoms with Crippen molar-refractivity contribution in [2.45, 2.75) is 46.5 Å². The van der Waals surface area contributed by atoms with E-state index in [1.165, 1.54) is 19.1 Å². The summed E-state index contributed by atoms with van der Waals surface area (Å²) in [6, 6.07) is 0. The average molecular weight is 194 g/mol. The molecule has 1 nitrogen and oxygen atoms in total. The van der Waals surface area contributed by atoms with Gasteiger partial charge in [0.05, 0.1) is 0 Å². The van der Waals surface area contributed by atoms with Crippen molar-refractivity contribution in [2.24, 2.45) is 16.7 Å². The Balaban J connectivity index is 2.95. The predicted molar refractivity (Wildman–Crippen MR) is 60.1 cm³/mol. The Morgan fingerprint density at radius 2 is 2.00 bits per heavy atom. The second-order valence-electron chi connectivity index (χ2n) is 5.54. The van der Waals surface area contributed by atoms with E-state index in [0.717, 1.165) is 12.8 Å². The van der Waals surface area contributed by atoms with Crippen LogP contribution in [0.1, 0.15) is 46.5 Å². The van der Waals surface area contributed by atoms with Gasteiger partial charge in [0.25, 0.3) is 0 Å². The molecule has 0 heterocycles. The van der Waals surface area contributed by atoms with Crippen LogP contribution in [-0.2, 0) is 4.79 Å². The van der Waals surface area contributed by atoms with Gasteiger partial charge in [-0.05, 0) is 30.6 Å². The second kappa shape index (κ2) is 3.88. The summed E-state index contributed by atoms with van der Waals surface area (Å²) in [5, 5.41) is 0. The van der Waals surface area contributed by atoms with Gasteiger partial charge in [-0.15, -0.1) is 6.58 Å². The molecule has 1 fully saturated rings. The van der Waals surface area contributed by atoms with Crippen molar-refractivity contribution >= 4 is 6.29 Å². The smallest absolute Gasteiger partial charge is 0.126 e. The van der Waals surface area contributed by atoms with Crippen LogP contribution < -0.4 is 0 Å². The highest BCUT2D eigenvalue weighted by Gasteiger charge is 2.45. The van der Waals surface area contributed by atoms with E-state index in [0.29, 0.717) is 5.92 Å². The number of allylic oxidation sites excluding steroid dienone is 1. The molecule has 0 aromatic heterocycles. The standard InChI is InChI=1S/C13H22O/c1-5-7-11-12(2,3)8-6-9-13(11,4)10-14/h5,10-11H,1,6-9H2,2-4H3/t11-,13+/m0/s1. The molecule has 0 spiro atoms. The molecule has 0 N–H and O–H groups in total. The summed E-state index contributed by atoms with van der Waals surface area (Å²) in [6.07, 6.45) is 7.53. The van der Waals surface area contributed by atoms with Gasteiger partial charge in [0.1, 0.15) is 6.29 Å². The Hall–Kier alpha value is -0.590. The van der Waals surface area contributed by atoms with E-state index in [-0.39, 0.29) is 10.8 Å². The highest BCUT2D eigenvalue weighted by Crippen LogP contribution is 2.51. The van der Waals surface area contributed by atoms with E-state index < -0.39 is 0 Å². The highest BCUT2D eigenvalue weighted by molar-refractivity contribution is 5.60. The molecule has 1 heteroatoms. The zero-order valence-corrected chi connectivity index (χ0v) is 9.68. The van der Waals surface area contributed by atoms with E-state index in [9.17, 15) is 4.79 Å². The van der Waals surface area contributed by atoms with Crippen molar-refractivity contribution in [3.8, 4) is 0 Å². The lowest BCUT2D eigenvalue weighted by Crippen LogP contribution is -2.42. The van der Waals surface area contributed by atoms with Crippen LogP contribution in [0.3, 0.4) is 0 Å². The molecule has 0 aromatic rings. The molecule has 0 radical (unpaired) electrons. The van der Waals surface area contributed by atoms with Crippen LogP contribution in [0.2, 0.25) is 0 Å². The maximum absolute atomic E-state index is 11.2. The van der Waals surface area contributed by atoms with Gasteiger partial charge in [0.2, 0.25) is 0 Å². The normalized spacial score (nSPS) is 36.4. The van der Waals surface area contributed by atoms with Crippen molar-refractivity contribution in [2.75, 3.05) is 0 Å². The number of aldehydes is 1. The lowest BCUT2D eigenvalue weighted by Gasteiger charge is -2.48. The Morgan fingerprint density at radius 1 is 1.36 bits per heavy atom. The van der Waals surface area contributed by atoms with Crippen LogP contribution in [0.5, 0.6) is 0 Å². The van der Waals surface area contributed by atoms with E-state index >= 15 is 0 Å².